The molecule has 2 aromatic carbocycles. The Kier molecular flexibility index (Phi) is 13.5. The van der Waals surface area contributed by atoms with Gasteiger partial charge in [0, 0.05) is 36.2 Å². The molecule has 2 aliphatic heterocycles. The van der Waals surface area contributed by atoms with E-state index in [-0.39, 0.29) is 37.1 Å². The lowest BCUT2D eigenvalue weighted by Crippen LogP contribution is -2.64. The fourth-order valence-electron chi connectivity index (χ4n) is 6.46. The molecule has 2 saturated heterocycles. The summed E-state index contributed by atoms with van der Waals surface area (Å²) in [6, 6.07) is 8.85. The van der Waals surface area contributed by atoms with Crippen molar-refractivity contribution in [3.63, 3.8) is 0 Å². The number of carbonyl (C=O) groups excluding carboxylic acids is 6. The Balaban J connectivity index is 1.36. The van der Waals surface area contributed by atoms with Crippen LogP contribution in [0.3, 0.4) is 0 Å². The Hall–Kier alpha value is -5.49. The molecule has 3 atom stereocenters. The molecule has 15 nitrogen and oxygen atoms in total. The molecule has 2 fully saturated rings. The summed E-state index contributed by atoms with van der Waals surface area (Å²) < 4.78 is 52.9. The average molecular weight is 832 g/mol. The predicted octanol–water partition coefficient (Wildman–Crippen LogP) is 4.10. The lowest BCUT2D eigenvalue weighted by molar-refractivity contribution is -0.176. The number of carbonyl (C=O) groups is 6. The zero-order valence-corrected chi connectivity index (χ0v) is 33.4. The van der Waals surface area contributed by atoms with Crippen molar-refractivity contribution in [3.8, 4) is 11.6 Å². The number of hydrogen-bond donors (Lipinski definition) is 2. The van der Waals surface area contributed by atoms with Gasteiger partial charge in [-0.15, -0.1) is 0 Å². The molecule has 0 saturated carbocycles. The molecule has 1 aromatic heterocycles. The van der Waals surface area contributed by atoms with Gasteiger partial charge < -0.3 is 25.0 Å². The number of nitrogens with one attached hydrogen (secondary N) is 2. The van der Waals surface area contributed by atoms with Gasteiger partial charge in [0.15, 0.2) is 18.1 Å². The number of ether oxygens (including phenoxy) is 2. The Morgan fingerprint density at radius 3 is 2.29 bits per heavy atom. The summed E-state index contributed by atoms with van der Waals surface area (Å²) in [7, 11) is 3.82. The molecular formula is C39H45ClF3N7O8. The van der Waals surface area contributed by atoms with Crippen molar-refractivity contribution in [1.29, 1.82) is 0 Å². The maximum Gasteiger partial charge on any atom is 0.435 e. The second kappa shape index (κ2) is 18.0. The fourth-order valence-corrected chi connectivity index (χ4v) is 6.58. The van der Waals surface area contributed by atoms with E-state index >= 15 is 0 Å². The standard InChI is InChI=1S/C39H45ClF3N7O8/c1-38(2,3)58-34(53)19-28(30(51)22-57-33-20-31(39(41,42)43)46-49(33)26-14-12-25(40)13-15-26)45-36(55)29-7-6-18-48-32(52)17-16-27(37(56)50(29)48)44-35(54)24-10-8-23(9-11-24)21-47(4)5/h8-15,20,27-29H,6-7,16-19,21-22H2,1-5H3,(H,44,54)(H,45,55)/t27-,28-,29-/m0/s1. The minimum absolute atomic E-state index is 0.0385. The zero-order chi connectivity index (χ0) is 42.5. The monoisotopic (exact) mass is 831 g/mol. The van der Waals surface area contributed by atoms with Crippen LogP contribution in [0.2, 0.25) is 5.02 Å². The van der Waals surface area contributed by atoms with Crippen LogP contribution in [0.1, 0.15) is 74.5 Å². The number of halogens is 4. The number of aromatic nitrogens is 2. The van der Waals surface area contributed by atoms with E-state index in [1.165, 1.54) is 24.3 Å². The SMILES string of the molecule is CN(C)Cc1ccc(C(=O)N[C@H]2CCC(=O)N3CCC[C@@H](C(=O)N[C@@H](CC(=O)OC(C)(C)C)C(=O)COc4cc(C(F)(F)F)nn4-c4ccc(Cl)cc4)N3C2=O)cc1. The lowest BCUT2D eigenvalue weighted by Gasteiger charge is -2.43. The maximum absolute atomic E-state index is 14.1. The minimum atomic E-state index is -4.87. The van der Waals surface area contributed by atoms with E-state index in [9.17, 15) is 41.9 Å². The number of alkyl halides is 3. The third-order valence-electron chi connectivity index (χ3n) is 9.08. The van der Waals surface area contributed by atoms with Gasteiger partial charge in [-0.1, -0.05) is 23.7 Å². The second-order valence-corrected chi connectivity index (χ2v) is 15.7. The van der Waals surface area contributed by atoms with Gasteiger partial charge in [-0.2, -0.15) is 18.3 Å². The summed E-state index contributed by atoms with van der Waals surface area (Å²) >= 11 is 5.94. The van der Waals surface area contributed by atoms with Gasteiger partial charge in [0.1, 0.15) is 23.7 Å². The molecular weight excluding hydrogens is 787 g/mol. The molecule has 0 aliphatic carbocycles. The van der Waals surface area contributed by atoms with Crippen molar-refractivity contribution in [1.82, 2.24) is 35.3 Å². The summed E-state index contributed by atoms with van der Waals surface area (Å²) in [6.45, 7) is 4.61. The number of rotatable bonds is 13. The largest absolute Gasteiger partial charge is 0.469 e. The number of fused-ring (bicyclic) bond motifs is 1. The highest BCUT2D eigenvalue weighted by molar-refractivity contribution is 6.30. The lowest BCUT2D eigenvalue weighted by atomic mass is 10.0. The van der Waals surface area contributed by atoms with Gasteiger partial charge in [0.2, 0.25) is 17.7 Å². The van der Waals surface area contributed by atoms with E-state index in [1.807, 2.05) is 19.0 Å². The molecule has 58 heavy (non-hydrogen) atoms. The number of nitrogens with zero attached hydrogens (tertiary/aromatic N) is 5. The van der Waals surface area contributed by atoms with Crippen LogP contribution in [0.15, 0.2) is 54.6 Å². The van der Waals surface area contributed by atoms with Gasteiger partial charge in [-0.05, 0) is 96.1 Å². The van der Waals surface area contributed by atoms with Crippen molar-refractivity contribution < 1.29 is 51.4 Å². The van der Waals surface area contributed by atoms with Crippen molar-refractivity contribution >= 4 is 47.0 Å². The van der Waals surface area contributed by atoms with Crippen LogP contribution in [0.25, 0.3) is 5.69 Å². The molecule has 0 spiro atoms. The summed E-state index contributed by atoms with van der Waals surface area (Å²) in [4.78, 5) is 83.5. The molecule has 19 heteroatoms. The Morgan fingerprint density at radius 1 is 1.00 bits per heavy atom. The van der Waals surface area contributed by atoms with Gasteiger partial charge in [0.25, 0.3) is 11.8 Å². The summed E-state index contributed by atoms with van der Waals surface area (Å²) in [5.74, 6) is -4.93. The molecule has 0 unspecified atom stereocenters. The van der Waals surface area contributed by atoms with Crippen molar-refractivity contribution in [2.24, 2.45) is 0 Å². The number of hydrogen-bond acceptors (Lipinski definition) is 10. The highest BCUT2D eigenvalue weighted by Gasteiger charge is 2.45. The van der Waals surface area contributed by atoms with E-state index in [0.29, 0.717) is 24.1 Å². The zero-order valence-electron chi connectivity index (χ0n) is 32.6. The number of esters is 1. The van der Waals surface area contributed by atoms with Crippen molar-refractivity contribution in [2.75, 3.05) is 27.2 Å². The molecule has 5 rings (SSSR count). The molecule has 0 bridgehead atoms. The third-order valence-corrected chi connectivity index (χ3v) is 9.33. The predicted molar refractivity (Wildman–Crippen MR) is 202 cm³/mol. The van der Waals surface area contributed by atoms with Crippen LogP contribution < -0.4 is 15.4 Å². The highest BCUT2D eigenvalue weighted by Crippen LogP contribution is 2.33. The van der Waals surface area contributed by atoms with Crippen LogP contribution in [-0.2, 0) is 41.4 Å². The fraction of sp³-hybridized carbons (Fsp3) is 0.462. The average Bonchev–Trinajstić information content (AvgIpc) is 3.54. The van der Waals surface area contributed by atoms with E-state index in [0.717, 1.165) is 20.3 Å². The van der Waals surface area contributed by atoms with Crippen LogP contribution in [0.4, 0.5) is 13.2 Å². The number of ketones is 1. The van der Waals surface area contributed by atoms with Crippen molar-refractivity contribution in [2.45, 2.75) is 89.3 Å². The molecule has 4 amide bonds. The minimum Gasteiger partial charge on any atom is -0.469 e. The van der Waals surface area contributed by atoms with Crippen LogP contribution in [-0.4, -0.2) is 111 Å². The van der Waals surface area contributed by atoms with Crippen LogP contribution in [0.5, 0.6) is 5.88 Å². The maximum atomic E-state index is 14.1. The van der Waals surface area contributed by atoms with E-state index in [4.69, 9.17) is 21.1 Å². The Morgan fingerprint density at radius 2 is 1.67 bits per heavy atom. The molecule has 3 heterocycles. The molecule has 312 valence electrons. The summed E-state index contributed by atoms with van der Waals surface area (Å²) in [5, 5.41) is 11.2. The molecule has 3 aromatic rings. The van der Waals surface area contributed by atoms with Gasteiger partial charge in [0.05, 0.1) is 12.1 Å². The first kappa shape index (κ1) is 43.6. The molecule has 2 N–H and O–H groups in total. The van der Waals surface area contributed by atoms with E-state index in [1.54, 1.807) is 45.0 Å². The Bertz CT molecular complexity index is 2020. The van der Waals surface area contributed by atoms with Gasteiger partial charge >= 0.3 is 12.1 Å². The number of hydrazine groups is 1. The van der Waals surface area contributed by atoms with E-state index in [2.05, 4.69) is 15.7 Å². The highest BCUT2D eigenvalue weighted by atomic mass is 35.5. The first-order valence-corrected chi connectivity index (χ1v) is 18.9. The second-order valence-electron chi connectivity index (χ2n) is 15.2. The quantitative estimate of drug-likeness (QED) is 0.239. The number of Topliss-reactive ketones (excluding diaryl/α,β-unsaturated/α-hetero) is 1. The first-order valence-electron chi connectivity index (χ1n) is 18.5. The van der Waals surface area contributed by atoms with Crippen molar-refractivity contribution in [3.05, 3.63) is 76.4 Å². The molecule has 0 radical (unpaired) electrons. The Labute approximate surface area is 337 Å². The third kappa shape index (κ3) is 11.1. The van der Waals surface area contributed by atoms with Crippen LogP contribution >= 0.6 is 11.6 Å². The van der Waals surface area contributed by atoms with Gasteiger partial charge in [-0.25, -0.2) is 9.69 Å². The summed E-state index contributed by atoms with van der Waals surface area (Å²) in [5.41, 5.74) is -0.917. The van der Waals surface area contributed by atoms with Gasteiger partial charge in [-0.3, -0.25) is 33.8 Å². The number of benzene rings is 2. The molecule has 2 aliphatic rings. The first-order chi connectivity index (χ1) is 27.2. The number of amides is 4. The van der Waals surface area contributed by atoms with E-state index < -0.39 is 89.9 Å². The van der Waals surface area contributed by atoms with Crippen LogP contribution in [0, 0.1) is 0 Å². The topological polar surface area (TPSA) is 172 Å². The summed E-state index contributed by atoms with van der Waals surface area (Å²) in [6.07, 6.45) is -5.36. The smallest absolute Gasteiger partial charge is 0.435 e. The normalized spacial score (nSPS) is 18.0.